The largest absolute Gasteiger partial charge is 0.490 e. The van der Waals surface area contributed by atoms with Gasteiger partial charge in [-0.2, -0.15) is 0 Å². The molecule has 0 radical (unpaired) electrons. The summed E-state index contributed by atoms with van der Waals surface area (Å²) >= 11 is 0. The second-order valence-electron chi connectivity index (χ2n) is 5.87. The Morgan fingerprint density at radius 3 is 2.73 bits per heavy atom. The van der Waals surface area contributed by atoms with Crippen LogP contribution >= 0.6 is 0 Å². The van der Waals surface area contributed by atoms with Crippen molar-refractivity contribution in [3.8, 4) is 11.5 Å². The molecule has 0 atom stereocenters. The van der Waals surface area contributed by atoms with E-state index in [1.165, 1.54) is 31.6 Å². The van der Waals surface area contributed by atoms with Crippen LogP contribution in [-0.4, -0.2) is 7.11 Å². The number of hydrogen-bond acceptors (Lipinski definition) is 5. The van der Waals surface area contributed by atoms with Crippen molar-refractivity contribution in [2.45, 2.75) is 13.5 Å². The number of benzene rings is 2. The highest BCUT2D eigenvalue weighted by Crippen LogP contribution is 2.42. The number of furan rings is 1. The van der Waals surface area contributed by atoms with Crippen LogP contribution in [0.15, 0.2) is 56.3 Å². The van der Waals surface area contributed by atoms with Gasteiger partial charge in [-0.1, -0.05) is 12.1 Å². The molecule has 2 aromatic carbocycles. The lowest BCUT2D eigenvalue weighted by Gasteiger charge is -2.13. The zero-order chi connectivity index (χ0) is 18.3. The van der Waals surface area contributed by atoms with Gasteiger partial charge in [0.25, 0.3) is 0 Å². The minimum atomic E-state index is -0.353. The SMILES string of the molecule is COc1c2occc2c(OCc2cccc(F)c2)c2c(=O)cc(C)oc12. The molecule has 0 fully saturated rings. The topological polar surface area (TPSA) is 61.8 Å². The summed E-state index contributed by atoms with van der Waals surface area (Å²) in [6.45, 7) is 1.77. The van der Waals surface area contributed by atoms with Gasteiger partial charge in [0.1, 0.15) is 29.3 Å². The molecular weight excluding hydrogens is 339 g/mol. The minimum absolute atomic E-state index is 0.0901. The summed E-state index contributed by atoms with van der Waals surface area (Å²) in [5, 5.41) is 0.847. The molecule has 0 aliphatic carbocycles. The monoisotopic (exact) mass is 354 g/mol. The molecule has 0 spiro atoms. The maximum absolute atomic E-state index is 13.4. The van der Waals surface area contributed by atoms with E-state index in [0.717, 1.165) is 0 Å². The summed E-state index contributed by atoms with van der Waals surface area (Å²) in [7, 11) is 1.48. The van der Waals surface area contributed by atoms with Gasteiger partial charge in [0.2, 0.25) is 5.75 Å². The second kappa shape index (κ2) is 6.22. The zero-order valence-electron chi connectivity index (χ0n) is 14.2. The Morgan fingerprint density at radius 1 is 1.12 bits per heavy atom. The van der Waals surface area contributed by atoms with Crippen LogP contribution in [0.1, 0.15) is 11.3 Å². The summed E-state index contributed by atoms with van der Waals surface area (Å²) in [6, 6.07) is 9.17. The van der Waals surface area contributed by atoms with Crippen LogP contribution in [0.3, 0.4) is 0 Å². The summed E-state index contributed by atoms with van der Waals surface area (Å²) < 4.78 is 36.0. The molecule has 2 heterocycles. The van der Waals surface area contributed by atoms with E-state index in [1.807, 2.05) is 0 Å². The smallest absolute Gasteiger partial charge is 0.206 e. The Kier molecular flexibility index (Phi) is 3.88. The maximum Gasteiger partial charge on any atom is 0.206 e. The van der Waals surface area contributed by atoms with E-state index in [-0.39, 0.29) is 28.8 Å². The van der Waals surface area contributed by atoms with Crippen molar-refractivity contribution in [3.63, 3.8) is 0 Å². The lowest BCUT2D eigenvalue weighted by molar-refractivity contribution is 0.312. The highest BCUT2D eigenvalue weighted by atomic mass is 19.1. The lowest BCUT2D eigenvalue weighted by atomic mass is 10.1. The fourth-order valence-corrected chi connectivity index (χ4v) is 3.00. The van der Waals surface area contributed by atoms with E-state index in [1.54, 1.807) is 25.1 Å². The number of fused-ring (bicyclic) bond motifs is 2. The third-order valence-electron chi connectivity index (χ3n) is 4.10. The molecule has 4 rings (SSSR count). The quantitative estimate of drug-likeness (QED) is 0.537. The fraction of sp³-hybridized carbons (Fsp3) is 0.150. The van der Waals surface area contributed by atoms with Gasteiger partial charge in [-0.05, 0) is 30.7 Å². The van der Waals surface area contributed by atoms with Crippen molar-refractivity contribution in [1.82, 2.24) is 0 Å². The predicted octanol–water partition coefficient (Wildman–Crippen LogP) is 4.57. The van der Waals surface area contributed by atoms with Gasteiger partial charge in [-0.15, -0.1) is 0 Å². The first-order valence-electron chi connectivity index (χ1n) is 7.97. The summed E-state index contributed by atoms with van der Waals surface area (Å²) in [5.74, 6) is 0.749. The number of methoxy groups -OCH3 is 1. The lowest BCUT2D eigenvalue weighted by Crippen LogP contribution is -2.06. The average Bonchev–Trinajstić information content (AvgIpc) is 3.08. The molecular formula is C20H15FO5. The van der Waals surface area contributed by atoms with Crippen molar-refractivity contribution >= 4 is 21.9 Å². The van der Waals surface area contributed by atoms with Gasteiger partial charge in [0.15, 0.2) is 16.6 Å². The van der Waals surface area contributed by atoms with Gasteiger partial charge in [-0.3, -0.25) is 4.79 Å². The Hall–Kier alpha value is -3.28. The van der Waals surface area contributed by atoms with E-state index in [2.05, 4.69) is 0 Å². The number of halogens is 1. The Morgan fingerprint density at radius 2 is 1.96 bits per heavy atom. The molecule has 26 heavy (non-hydrogen) atoms. The number of ether oxygens (including phenoxy) is 2. The van der Waals surface area contributed by atoms with Crippen LogP contribution in [0.25, 0.3) is 21.9 Å². The maximum atomic E-state index is 13.4. The van der Waals surface area contributed by atoms with Crippen LogP contribution in [0.5, 0.6) is 11.5 Å². The summed E-state index contributed by atoms with van der Waals surface area (Å²) in [6.07, 6.45) is 1.48. The van der Waals surface area contributed by atoms with Crippen LogP contribution in [0, 0.1) is 12.7 Å². The molecule has 0 saturated carbocycles. The normalized spacial score (nSPS) is 11.2. The van der Waals surface area contributed by atoms with Crippen molar-refractivity contribution in [2.24, 2.45) is 0 Å². The van der Waals surface area contributed by atoms with Gasteiger partial charge in [-0.25, -0.2) is 4.39 Å². The molecule has 6 heteroatoms. The first-order valence-corrected chi connectivity index (χ1v) is 7.97. The van der Waals surface area contributed by atoms with Crippen LogP contribution < -0.4 is 14.9 Å². The molecule has 0 N–H and O–H groups in total. The average molecular weight is 354 g/mol. The van der Waals surface area contributed by atoms with Gasteiger partial charge in [0, 0.05) is 6.07 Å². The molecule has 0 bridgehead atoms. The van der Waals surface area contributed by atoms with E-state index in [4.69, 9.17) is 18.3 Å². The standard InChI is InChI=1S/C20H15FO5/c1-11-8-15(22)16-17(25-10-12-4-3-5-13(21)9-12)14-6-7-24-18(14)20(23-2)19(16)26-11/h3-9H,10H2,1-2H3. The van der Waals surface area contributed by atoms with Crippen LogP contribution in [-0.2, 0) is 6.61 Å². The third-order valence-corrected chi connectivity index (χ3v) is 4.10. The highest BCUT2D eigenvalue weighted by Gasteiger charge is 2.22. The van der Waals surface area contributed by atoms with E-state index in [9.17, 15) is 9.18 Å². The van der Waals surface area contributed by atoms with Gasteiger partial charge in [0.05, 0.1) is 18.8 Å². The molecule has 0 unspecified atom stereocenters. The van der Waals surface area contributed by atoms with Crippen LogP contribution in [0.2, 0.25) is 0 Å². The zero-order valence-corrected chi connectivity index (χ0v) is 14.2. The Labute approximate surface area is 147 Å². The van der Waals surface area contributed by atoms with Crippen LogP contribution in [0.4, 0.5) is 4.39 Å². The fourth-order valence-electron chi connectivity index (χ4n) is 3.00. The molecule has 0 amide bonds. The number of rotatable bonds is 4. The highest BCUT2D eigenvalue weighted by molar-refractivity contribution is 6.06. The second-order valence-corrected chi connectivity index (χ2v) is 5.87. The van der Waals surface area contributed by atoms with Crippen molar-refractivity contribution in [1.29, 1.82) is 0 Å². The van der Waals surface area contributed by atoms with Crippen molar-refractivity contribution in [3.05, 3.63) is 70.0 Å². The molecule has 0 saturated heterocycles. The molecule has 132 valence electrons. The third kappa shape index (κ3) is 2.60. The molecule has 0 aliphatic rings. The Bertz CT molecular complexity index is 1170. The molecule has 2 aromatic heterocycles. The number of hydrogen-bond donors (Lipinski definition) is 0. The van der Waals surface area contributed by atoms with E-state index in [0.29, 0.717) is 33.8 Å². The van der Waals surface area contributed by atoms with E-state index >= 15 is 0 Å². The first-order chi connectivity index (χ1) is 12.6. The first kappa shape index (κ1) is 16.2. The summed E-state index contributed by atoms with van der Waals surface area (Å²) in [4.78, 5) is 12.6. The molecule has 4 aromatic rings. The summed E-state index contributed by atoms with van der Waals surface area (Å²) in [5.41, 5.74) is 1.07. The van der Waals surface area contributed by atoms with E-state index < -0.39 is 0 Å². The Balaban J connectivity index is 1.94. The number of aryl methyl sites for hydroxylation is 1. The van der Waals surface area contributed by atoms with Gasteiger partial charge < -0.3 is 18.3 Å². The molecule has 5 nitrogen and oxygen atoms in total. The van der Waals surface area contributed by atoms with Crippen molar-refractivity contribution < 1.29 is 22.7 Å². The van der Waals surface area contributed by atoms with Gasteiger partial charge >= 0.3 is 0 Å². The molecule has 0 aliphatic heterocycles. The van der Waals surface area contributed by atoms with Crippen molar-refractivity contribution in [2.75, 3.05) is 7.11 Å². The predicted molar refractivity (Wildman–Crippen MR) is 94.3 cm³/mol. The minimum Gasteiger partial charge on any atom is -0.490 e.